The Morgan fingerprint density at radius 3 is 2.80 bits per heavy atom. The molecule has 3 rings (SSSR count). The molecule has 3 atom stereocenters. The van der Waals surface area contributed by atoms with E-state index in [1.165, 1.54) is 12.8 Å². The number of carbonyl (C=O) groups excluding carboxylic acids is 1. The van der Waals surface area contributed by atoms with Crippen LogP contribution in [0.2, 0.25) is 0 Å². The molecule has 2 aliphatic heterocycles. The van der Waals surface area contributed by atoms with Gasteiger partial charge in [-0.3, -0.25) is 4.79 Å². The summed E-state index contributed by atoms with van der Waals surface area (Å²) < 4.78 is 28.8. The van der Waals surface area contributed by atoms with Crippen molar-refractivity contribution >= 4 is 15.7 Å². The average molecular weight is 302 g/mol. The van der Waals surface area contributed by atoms with E-state index in [1.807, 2.05) is 0 Å². The van der Waals surface area contributed by atoms with E-state index >= 15 is 0 Å². The molecule has 0 aromatic rings. The molecular formula is C13H22N2O4S. The highest BCUT2D eigenvalue weighted by Gasteiger charge is 2.41. The van der Waals surface area contributed by atoms with Crippen molar-refractivity contribution in [1.29, 1.82) is 0 Å². The van der Waals surface area contributed by atoms with E-state index in [9.17, 15) is 13.2 Å². The van der Waals surface area contributed by atoms with Gasteiger partial charge >= 0.3 is 0 Å². The van der Waals surface area contributed by atoms with Gasteiger partial charge in [-0.1, -0.05) is 0 Å². The summed E-state index contributed by atoms with van der Waals surface area (Å²) in [6.45, 7) is 1.15. The third-order valence-corrected chi connectivity index (χ3v) is 6.04. The van der Waals surface area contributed by atoms with Gasteiger partial charge in [0.1, 0.15) is 0 Å². The van der Waals surface area contributed by atoms with Crippen LogP contribution >= 0.6 is 0 Å². The average Bonchev–Trinajstić information content (AvgIpc) is 3.09. The third kappa shape index (κ3) is 3.51. The fraction of sp³-hybridized carbons (Fsp3) is 0.923. The van der Waals surface area contributed by atoms with Crippen LogP contribution in [0.4, 0.5) is 0 Å². The number of hydrogen-bond donors (Lipinski definition) is 2. The van der Waals surface area contributed by atoms with Crippen LogP contribution < -0.4 is 10.6 Å². The highest BCUT2D eigenvalue weighted by Crippen LogP contribution is 2.38. The molecule has 0 radical (unpaired) electrons. The maximum Gasteiger partial charge on any atom is 0.221 e. The number of amides is 1. The quantitative estimate of drug-likeness (QED) is 0.728. The van der Waals surface area contributed by atoms with Crippen molar-refractivity contribution in [3.05, 3.63) is 0 Å². The van der Waals surface area contributed by atoms with E-state index in [1.54, 1.807) is 0 Å². The van der Waals surface area contributed by atoms with Gasteiger partial charge in [-0.15, -0.1) is 0 Å². The van der Waals surface area contributed by atoms with E-state index in [0.717, 1.165) is 6.42 Å². The van der Waals surface area contributed by atoms with Crippen LogP contribution in [0.15, 0.2) is 0 Å². The van der Waals surface area contributed by atoms with Crippen molar-refractivity contribution in [1.82, 2.24) is 10.6 Å². The van der Waals surface area contributed by atoms with E-state index in [0.29, 0.717) is 19.1 Å². The summed E-state index contributed by atoms with van der Waals surface area (Å²) in [5.74, 6) is 0.774. The number of carbonyl (C=O) groups is 1. The molecule has 2 heterocycles. The van der Waals surface area contributed by atoms with Crippen LogP contribution in [-0.2, 0) is 19.4 Å². The first-order chi connectivity index (χ1) is 9.53. The molecule has 20 heavy (non-hydrogen) atoms. The molecule has 3 unspecified atom stereocenters. The summed E-state index contributed by atoms with van der Waals surface area (Å²) >= 11 is 0. The zero-order chi connectivity index (χ0) is 14.2. The second-order valence-corrected chi connectivity index (χ2v) is 8.33. The number of hydrogen-bond acceptors (Lipinski definition) is 5. The Morgan fingerprint density at radius 1 is 1.30 bits per heavy atom. The van der Waals surface area contributed by atoms with Crippen LogP contribution in [0.25, 0.3) is 0 Å². The molecule has 0 bridgehead atoms. The van der Waals surface area contributed by atoms with E-state index in [4.69, 9.17) is 4.74 Å². The van der Waals surface area contributed by atoms with Crippen molar-refractivity contribution in [2.45, 2.75) is 43.9 Å². The van der Waals surface area contributed by atoms with Crippen molar-refractivity contribution < 1.29 is 17.9 Å². The summed E-state index contributed by atoms with van der Waals surface area (Å²) in [6, 6.07) is -0.148. The molecule has 3 fully saturated rings. The zero-order valence-corrected chi connectivity index (χ0v) is 12.3. The molecule has 1 amide bonds. The normalized spacial score (nSPS) is 36.7. The van der Waals surface area contributed by atoms with Crippen LogP contribution in [0.1, 0.15) is 25.7 Å². The molecular weight excluding hydrogens is 280 g/mol. The molecule has 3 aliphatic rings. The first-order valence-electron chi connectivity index (χ1n) is 7.38. The number of ether oxygens (including phenoxy) is 1. The summed E-state index contributed by atoms with van der Waals surface area (Å²) in [6.07, 6.45) is 3.65. The number of nitrogens with one attached hydrogen (secondary N) is 2. The monoisotopic (exact) mass is 302 g/mol. The van der Waals surface area contributed by atoms with Gasteiger partial charge in [-0.25, -0.2) is 8.42 Å². The molecule has 1 aliphatic carbocycles. The Balaban J connectivity index is 1.49. The topological polar surface area (TPSA) is 84.5 Å². The van der Waals surface area contributed by atoms with Crippen LogP contribution in [-0.4, -0.2) is 57.2 Å². The van der Waals surface area contributed by atoms with Gasteiger partial charge in [-0.05, 0) is 25.2 Å². The number of rotatable bonds is 4. The predicted octanol–water partition coefficient (Wildman–Crippen LogP) is -0.553. The molecule has 114 valence electrons. The highest BCUT2D eigenvalue weighted by molar-refractivity contribution is 7.91. The van der Waals surface area contributed by atoms with Crippen LogP contribution in [0.3, 0.4) is 0 Å². The lowest BCUT2D eigenvalue weighted by atomic mass is 10.1. The minimum absolute atomic E-state index is 0.0631. The van der Waals surface area contributed by atoms with Crippen molar-refractivity contribution in [3.63, 3.8) is 0 Å². The largest absolute Gasteiger partial charge is 0.376 e. The van der Waals surface area contributed by atoms with Gasteiger partial charge in [-0.2, -0.15) is 0 Å². The zero-order valence-electron chi connectivity index (χ0n) is 11.5. The maximum absolute atomic E-state index is 12.1. The third-order valence-electron chi connectivity index (χ3n) is 4.30. The van der Waals surface area contributed by atoms with E-state index in [2.05, 4.69) is 10.6 Å². The minimum Gasteiger partial charge on any atom is -0.376 e. The van der Waals surface area contributed by atoms with Gasteiger partial charge < -0.3 is 15.4 Å². The van der Waals surface area contributed by atoms with Crippen molar-refractivity contribution in [3.8, 4) is 0 Å². The summed E-state index contributed by atoms with van der Waals surface area (Å²) in [5, 5.41) is 6.13. The molecule has 2 saturated heterocycles. The maximum atomic E-state index is 12.1. The fourth-order valence-corrected chi connectivity index (χ4v) is 4.59. The van der Waals surface area contributed by atoms with Crippen LogP contribution in [0.5, 0.6) is 0 Å². The molecule has 7 heteroatoms. The molecule has 2 N–H and O–H groups in total. The van der Waals surface area contributed by atoms with Gasteiger partial charge in [0.15, 0.2) is 9.84 Å². The summed E-state index contributed by atoms with van der Waals surface area (Å²) in [4.78, 5) is 12.1. The van der Waals surface area contributed by atoms with Gasteiger partial charge in [0, 0.05) is 25.6 Å². The molecule has 0 aromatic heterocycles. The standard InChI is InChI=1S/C13H22N2O4S/c16-12(7-10-8-20(17,18)6-4-14-10)15-11-3-5-19-13(11)9-1-2-9/h9-11,13-14H,1-8H2,(H,15,16). The molecule has 1 saturated carbocycles. The lowest BCUT2D eigenvalue weighted by molar-refractivity contribution is -0.122. The lowest BCUT2D eigenvalue weighted by Gasteiger charge is -2.25. The first-order valence-corrected chi connectivity index (χ1v) is 9.20. The van der Waals surface area contributed by atoms with E-state index < -0.39 is 9.84 Å². The van der Waals surface area contributed by atoms with Crippen molar-refractivity contribution in [2.24, 2.45) is 5.92 Å². The minimum atomic E-state index is -2.99. The van der Waals surface area contributed by atoms with Gasteiger partial charge in [0.05, 0.1) is 23.7 Å². The number of sulfone groups is 1. The Hall–Kier alpha value is -0.660. The molecule has 0 aromatic carbocycles. The Kier molecular flexibility index (Phi) is 4.01. The fourth-order valence-electron chi connectivity index (χ4n) is 3.14. The van der Waals surface area contributed by atoms with Crippen LogP contribution in [0, 0.1) is 5.92 Å². The van der Waals surface area contributed by atoms with Crippen molar-refractivity contribution in [2.75, 3.05) is 24.7 Å². The van der Waals surface area contributed by atoms with Gasteiger partial charge in [0.25, 0.3) is 0 Å². The first kappa shape index (κ1) is 14.3. The SMILES string of the molecule is O=C(CC1CS(=O)(=O)CCN1)NC1CCOC1C1CC1. The molecule has 6 nitrogen and oxygen atoms in total. The summed E-state index contributed by atoms with van der Waals surface area (Å²) in [7, 11) is -2.99. The highest BCUT2D eigenvalue weighted by atomic mass is 32.2. The lowest BCUT2D eigenvalue weighted by Crippen LogP contribution is -2.49. The Bertz CT molecular complexity index is 475. The Labute approximate surface area is 119 Å². The second-order valence-electron chi connectivity index (χ2n) is 6.11. The van der Waals surface area contributed by atoms with Gasteiger partial charge in [0.2, 0.25) is 5.91 Å². The Morgan fingerprint density at radius 2 is 2.10 bits per heavy atom. The molecule has 0 spiro atoms. The predicted molar refractivity (Wildman–Crippen MR) is 74.1 cm³/mol. The van der Waals surface area contributed by atoms with E-state index in [-0.39, 0.29) is 42.0 Å². The summed E-state index contributed by atoms with van der Waals surface area (Å²) in [5.41, 5.74) is 0. The second kappa shape index (κ2) is 5.61. The smallest absolute Gasteiger partial charge is 0.221 e.